The van der Waals surface area contributed by atoms with Crippen molar-refractivity contribution in [1.29, 1.82) is 0 Å². The third-order valence-electron chi connectivity index (χ3n) is 2.72. The average Bonchev–Trinajstić information content (AvgIpc) is 2.35. The standard InChI is InChI=1S/C13H17NO3/c1-3-11(13(16)17)14-12(15)9(2)10-7-5-4-6-8-10/h4-9,11H,3H2,1-2H3,(H,14,15)(H,16,17). The highest BCUT2D eigenvalue weighted by atomic mass is 16.4. The second kappa shape index (κ2) is 6.03. The highest BCUT2D eigenvalue weighted by Crippen LogP contribution is 2.14. The first-order valence-electron chi connectivity index (χ1n) is 5.64. The van der Waals surface area contributed by atoms with E-state index in [1.54, 1.807) is 13.8 Å². The molecule has 0 heterocycles. The fraction of sp³-hybridized carbons (Fsp3) is 0.385. The van der Waals surface area contributed by atoms with E-state index in [2.05, 4.69) is 5.32 Å². The van der Waals surface area contributed by atoms with Crippen molar-refractivity contribution in [3.05, 3.63) is 35.9 Å². The average molecular weight is 235 g/mol. The molecule has 1 rings (SSSR count). The van der Waals surface area contributed by atoms with Crippen LogP contribution in [0.5, 0.6) is 0 Å². The van der Waals surface area contributed by atoms with Crippen LogP contribution in [0.1, 0.15) is 31.7 Å². The lowest BCUT2D eigenvalue weighted by Gasteiger charge is -2.16. The van der Waals surface area contributed by atoms with Gasteiger partial charge < -0.3 is 10.4 Å². The van der Waals surface area contributed by atoms with Gasteiger partial charge in [0.1, 0.15) is 6.04 Å². The lowest BCUT2D eigenvalue weighted by Crippen LogP contribution is -2.42. The van der Waals surface area contributed by atoms with E-state index in [1.165, 1.54) is 0 Å². The van der Waals surface area contributed by atoms with Gasteiger partial charge in [-0.25, -0.2) is 4.79 Å². The number of aliphatic carboxylic acids is 1. The fourth-order valence-corrected chi connectivity index (χ4v) is 1.53. The first kappa shape index (κ1) is 13.2. The molecule has 0 saturated carbocycles. The molecule has 0 aliphatic heterocycles. The summed E-state index contributed by atoms with van der Waals surface area (Å²) in [5.74, 6) is -1.60. The Bertz CT molecular complexity index is 389. The Hall–Kier alpha value is -1.84. The number of carboxylic acid groups (broad SMARTS) is 1. The molecule has 1 aromatic rings. The number of amides is 1. The molecule has 17 heavy (non-hydrogen) atoms. The lowest BCUT2D eigenvalue weighted by atomic mass is 10.00. The predicted molar refractivity (Wildman–Crippen MR) is 64.7 cm³/mol. The Morgan fingerprint density at radius 1 is 1.29 bits per heavy atom. The number of rotatable bonds is 5. The van der Waals surface area contributed by atoms with Crippen LogP contribution in [-0.4, -0.2) is 23.0 Å². The van der Waals surface area contributed by atoms with E-state index in [0.717, 1.165) is 5.56 Å². The summed E-state index contributed by atoms with van der Waals surface area (Å²) >= 11 is 0. The Balaban J connectivity index is 2.68. The van der Waals surface area contributed by atoms with Crippen LogP contribution in [0.4, 0.5) is 0 Å². The molecule has 0 aromatic heterocycles. The molecule has 0 saturated heterocycles. The minimum Gasteiger partial charge on any atom is -0.480 e. The maximum absolute atomic E-state index is 11.8. The van der Waals surface area contributed by atoms with Gasteiger partial charge in [0.15, 0.2) is 0 Å². The molecule has 2 unspecified atom stereocenters. The van der Waals surface area contributed by atoms with E-state index >= 15 is 0 Å². The Morgan fingerprint density at radius 2 is 1.88 bits per heavy atom. The number of nitrogens with one attached hydrogen (secondary N) is 1. The second-order valence-corrected chi connectivity index (χ2v) is 3.94. The number of hydrogen-bond donors (Lipinski definition) is 2. The normalized spacial score (nSPS) is 13.8. The molecule has 0 aliphatic rings. The van der Waals surface area contributed by atoms with Crippen molar-refractivity contribution in [1.82, 2.24) is 5.32 Å². The zero-order chi connectivity index (χ0) is 12.8. The molecule has 2 atom stereocenters. The van der Waals surface area contributed by atoms with Crippen molar-refractivity contribution in [2.24, 2.45) is 0 Å². The van der Waals surface area contributed by atoms with Gasteiger partial charge in [0.2, 0.25) is 5.91 Å². The van der Waals surface area contributed by atoms with Crippen LogP contribution >= 0.6 is 0 Å². The molecule has 92 valence electrons. The van der Waals surface area contributed by atoms with Crippen LogP contribution in [0.15, 0.2) is 30.3 Å². The summed E-state index contributed by atoms with van der Waals surface area (Å²) in [6.07, 6.45) is 0.378. The summed E-state index contributed by atoms with van der Waals surface area (Å²) in [5, 5.41) is 11.4. The highest BCUT2D eigenvalue weighted by molar-refractivity contribution is 5.87. The molecule has 4 nitrogen and oxygen atoms in total. The number of benzene rings is 1. The van der Waals surface area contributed by atoms with Gasteiger partial charge in [0.05, 0.1) is 5.92 Å². The molecule has 1 amide bonds. The first-order valence-corrected chi connectivity index (χ1v) is 5.64. The Labute approximate surface area is 101 Å². The molecular formula is C13H17NO3. The van der Waals surface area contributed by atoms with E-state index in [0.29, 0.717) is 6.42 Å². The van der Waals surface area contributed by atoms with Gasteiger partial charge in [-0.15, -0.1) is 0 Å². The van der Waals surface area contributed by atoms with Gasteiger partial charge >= 0.3 is 5.97 Å². The third kappa shape index (κ3) is 3.59. The van der Waals surface area contributed by atoms with E-state index in [1.807, 2.05) is 30.3 Å². The smallest absolute Gasteiger partial charge is 0.326 e. The van der Waals surface area contributed by atoms with E-state index < -0.39 is 12.0 Å². The van der Waals surface area contributed by atoms with Crippen molar-refractivity contribution in [3.8, 4) is 0 Å². The van der Waals surface area contributed by atoms with Gasteiger partial charge in [0.25, 0.3) is 0 Å². The van der Waals surface area contributed by atoms with E-state index in [4.69, 9.17) is 5.11 Å². The van der Waals surface area contributed by atoms with Crippen molar-refractivity contribution in [2.75, 3.05) is 0 Å². The largest absolute Gasteiger partial charge is 0.480 e. The summed E-state index contributed by atoms with van der Waals surface area (Å²) < 4.78 is 0. The summed E-state index contributed by atoms with van der Waals surface area (Å²) in [4.78, 5) is 22.7. The van der Waals surface area contributed by atoms with Crippen LogP contribution in [0.2, 0.25) is 0 Å². The second-order valence-electron chi connectivity index (χ2n) is 3.94. The van der Waals surface area contributed by atoms with Gasteiger partial charge in [-0.2, -0.15) is 0 Å². The van der Waals surface area contributed by atoms with Crippen LogP contribution in [-0.2, 0) is 9.59 Å². The number of carbonyl (C=O) groups excluding carboxylic acids is 1. The van der Waals surface area contributed by atoms with E-state index in [9.17, 15) is 9.59 Å². The van der Waals surface area contributed by atoms with Gasteiger partial charge in [0, 0.05) is 0 Å². The number of carboxylic acids is 1. The number of hydrogen-bond acceptors (Lipinski definition) is 2. The van der Waals surface area contributed by atoms with Crippen LogP contribution in [0.3, 0.4) is 0 Å². The Kier molecular flexibility index (Phi) is 4.69. The minimum atomic E-state index is -0.999. The van der Waals surface area contributed by atoms with Crippen molar-refractivity contribution < 1.29 is 14.7 Å². The zero-order valence-corrected chi connectivity index (χ0v) is 10.0. The number of carbonyl (C=O) groups is 2. The molecule has 1 aromatic carbocycles. The van der Waals surface area contributed by atoms with E-state index in [-0.39, 0.29) is 11.8 Å². The van der Waals surface area contributed by atoms with Crippen LogP contribution in [0, 0.1) is 0 Å². The molecule has 2 N–H and O–H groups in total. The summed E-state index contributed by atoms with van der Waals surface area (Å²) in [7, 11) is 0. The van der Waals surface area contributed by atoms with Crippen molar-refractivity contribution in [2.45, 2.75) is 32.2 Å². The van der Waals surface area contributed by atoms with Crippen molar-refractivity contribution >= 4 is 11.9 Å². The third-order valence-corrected chi connectivity index (χ3v) is 2.72. The molecule has 4 heteroatoms. The SMILES string of the molecule is CCC(NC(=O)C(C)c1ccccc1)C(=O)O. The van der Waals surface area contributed by atoms with Gasteiger partial charge in [-0.3, -0.25) is 4.79 Å². The molecule has 0 radical (unpaired) electrons. The maximum atomic E-state index is 11.8. The Morgan fingerprint density at radius 3 is 2.35 bits per heavy atom. The first-order chi connectivity index (χ1) is 8.06. The summed E-state index contributed by atoms with van der Waals surface area (Å²) in [6, 6.07) is 8.48. The predicted octanol–water partition coefficient (Wildman–Crippen LogP) is 1.77. The highest BCUT2D eigenvalue weighted by Gasteiger charge is 2.21. The van der Waals surface area contributed by atoms with Crippen LogP contribution < -0.4 is 5.32 Å². The molecule has 0 fully saturated rings. The van der Waals surface area contributed by atoms with Gasteiger partial charge in [-0.1, -0.05) is 37.3 Å². The monoisotopic (exact) mass is 235 g/mol. The van der Waals surface area contributed by atoms with Gasteiger partial charge in [-0.05, 0) is 18.9 Å². The molecular weight excluding hydrogens is 218 g/mol. The summed E-state index contributed by atoms with van der Waals surface area (Å²) in [5.41, 5.74) is 0.880. The minimum absolute atomic E-state index is 0.259. The fourth-order valence-electron chi connectivity index (χ4n) is 1.53. The maximum Gasteiger partial charge on any atom is 0.326 e. The molecule has 0 aliphatic carbocycles. The molecule has 0 bridgehead atoms. The topological polar surface area (TPSA) is 66.4 Å². The van der Waals surface area contributed by atoms with Crippen molar-refractivity contribution in [3.63, 3.8) is 0 Å². The molecule has 0 spiro atoms. The lowest BCUT2D eigenvalue weighted by molar-refractivity contribution is -0.142. The quantitative estimate of drug-likeness (QED) is 0.817. The zero-order valence-electron chi connectivity index (χ0n) is 10.0. The summed E-state index contributed by atoms with van der Waals surface area (Å²) in [6.45, 7) is 3.49. The van der Waals surface area contributed by atoms with Crippen LogP contribution in [0.25, 0.3) is 0 Å².